The molecule has 0 aromatic carbocycles. The highest BCUT2D eigenvalue weighted by molar-refractivity contribution is 5.95. The molecule has 4 aliphatic carbocycles. The molecule has 0 aromatic rings. The van der Waals surface area contributed by atoms with Gasteiger partial charge in [0.2, 0.25) is 0 Å². The third-order valence-corrected chi connectivity index (χ3v) is 9.91. The van der Waals surface area contributed by atoms with E-state index in [1.165, 1.54) is 38.5 Å². The summed E-state index contributed by atoms with van der Waals surface area (Å²) in [5.41, 5.74) is 0.0239. The van der Waals surface area contributed by atoms with E-state index in [1.807, 2.05) is 6.08 Å². The van der Waals surface area contributed by atoms with Gasteiger partial charge in [0.1, 0.15) is 0 Å². The van der Waals surface area contributed by atoms with E-state index in [-0.39, 0.29) is 23.1 Å². The lowest BCUT2D eigenvalue weighted by Gasteiger charge is -2.59. The summed E-state index contributed by atoms with van der Waals surface area (Å²) in [7, 11) is 0. The largest absolute Gasteiger partial charge is 0.411 e. The molecular formula is C27H45NO. The van der Waals surface area contributed by atoms with Gasteiger partial charge in [0.15, 0.2) is 0 Å². The van der Waals surface area contributed by atoms with Crippen LogP contribution in [0.5, 0.6) is 0 Å². The van der Waals surface area contributed by atoms with Gasteiger partial charge in [0.05, 0.1) is 7.08 Å². The Balaban J connectivity index is 1.57. The van der Waals surface area contributed by atoms with Gasteiger partial charge >= 0.3 is 0 Å². The third kappa shape index (κ3) is 3.61. The molecule has 0 aliphatic heterocycles. The summed E-state index contributed by atoms with van der Waals surface area (Å²) >= 11 is 0. The van der Waals surface area contributed by atoms with Crippen LogP contribution < -0.4 is 0 Å². The standard InChI is InChI=1S/C27H45NO/c1-18(2)7-6-8-19(3)23-11-12-24-22-10-9-20-17-21(28-29)13-15-26(20,4)25(22)14-16-27(23,24)5/h13,15,18-20,22-25,29H,6-12,14,16-17H2,1-5H3/b28-21-/t19-,20+,22+,23-,24+,25+,26+,27-/m1/s1/i13D,17D2. The summed E-state index contributed by atoms with van der Waals surface area (Å²) in [6.45, 7) is 12.0. The second-order valence-electron chi connectivity index (χ2n) is 11.8. The van der Waals surface area contributed by atoms with Gasteiger partial charge in [-0.1, -0.05) is 65.1 Å². The van der Waals surface area contributed by atoms with Gasteiger partial charge in [0, 0.05) is 2.74 Å². The Morgan fingerprint density at radius 2 is 1.93 bits per heavy atom. The predicted octanol–water partition coefficient (Wildman–Crippen LogP) is 7.71. The van der Waals surface area contributed by atoms with E-state index in [4.69, 9.17) is 4.11 Å². The van der Waals surface area contributed by atoms with Crippen molar-refractivity contribution in [3.63, 3.8) is 0 Å². The maximum absolute atomic E-state index is 9.42. The minimum Gasteiger partial charge on any atom is -0.411 e. The lowest BCUT2D eigenvalue weighted by atomic mass is 9.45. The number of oxime groups is 1. The van der Waals surface area contributed by atoms with Gasteiger partial charge in [0.25, 0.3) is 0 Å². The van der Waals surface area contributed by atoms with Crippen molar-refractivity contribution >= 4 is 5.71 Å². The summed E-state index contributed by atoms with van der Waals surface area (Å²) in [4.78, 5) is 0. The Morgan fingerprint density at radius 3 is 2.66 bits per heavy atom. The van der Waals surface area contributed by atoms with Crippen molar-refractivity contribution in [3.8, 4) is 0 Å². The molecule has 0 heterocycles. The van der Waals surface area contributed by atoms with E-state index < -0.39 is 6.37 Å². The van der Waals surface area contributed by atoms with E-state index in [0.717, 1.165) is 42.9 Å². The Bertz CT molecular complexity index is 777. The molecule has 164 valence electrons. The molecule has 0 unspecified atom stereocenters. The Kier molecular flexibility index (Phi) is 4.95. The Morgan fingerprint density at radius 1 is 1.14 bits per heavy atom. The van der Waals surface area contributed by atoms with Gasteiger partial charge in [-0.3, -0.25) is 0 Å². The number of fused-ring (bicyclic) bond motifs is 5. The average Bonchev–Trinajstić information content (AvgIpc) is 3.04. The van der Waals surface area contributed by atoms with Crippen LogP contribution in [-0.4, -0.2) is 10.9 Å². The van der Waals surface area contributed by atoms with Crippen LogP contribution in [-0.2, 0) is 0 Å². The third-order valence-electron chi connectivity index (χ3n) is 9.91. The lowest BCUT2D eigenvalue weighted by Crippen LogP contribution is -2.52. The summed E-state index contributed by atoms with van der Waals surface area (Å²) in [6, 6.07) is 0.0910. The van der Waals surface area contributed by atoms with Gasteiger partial charge in [-0.2, -0.15) is 0 Å². The van der Waals surface area contributed by atoms with Crippen LogP contribution >= 0.6 is 0 Å². The molecule has 2 nitrogen and oxygen atoms in total. The molecule has 1 N–H and O–H groups in total. The van der Waals surface area contributed by atoms with E-state index in [9.17, 15) is 5.21 Å². The number of allylic oxidation sites excluding steroid dienone is 2. The SMILES string of the molecule is [2H]C1=C[C@]2(C)[C@H]3CC[C@]4(C)[C@@H]([C@H](C)CCCC(C)C)CC[C@H]4[C@@H]3CC[C@H]2C([2H])([2H])/C1=N\O. The smallest absolute Gasteiger partial charge is 0.0795 e. The first kappa shape index (κ1) is 17.8. The van der Waals surface area contributed by atoms with Crippen LogP contribution in [0.25, 0.3) is 0 Å². The summed E-state index contributed by atoms with van der Waals surface area (Å²) in [6.07, 6.45) is 11.3. The van der Waals surface area contributed by atoms with Crippen molar-refractivity contribution in [2.45, 2.75) is 98.8 Å². The molecule has 0 spiro atoms. The number of hydrogen-bond acceptors (Lipinski definition) is 2. The highest BCUT2D eigenvalue weighted by Gasteiger charge is 2.59. The predicted molar refractivity (Wildman–Crippen MR) is 122 cm³/mol. The molecular weight excluding hydrogens is 354 g/mol. The normalized spacial score (nSPS) is 50.0. The van der Waals surface area contributed by atoms with Crippen molar-refractivity contribution in [1.29, 1.82) is 0 Å². The molecule has 2 heteroatoms. The fourth-order valence-electron chi connectivity index (χ4n) is 8.34. The van der Waals surface area contributed by atoms with Crippen LogP contribution in [0.15, 0.2) is 17.3 Å². The molecule has 8 atom stereocenters. The summed E-state index contributed by atoms with van der Waals surface area (Å²) < 4.78 is 25.9. The van der Waals surface area contributed by atoms with E-state index >= 15 is 0 Å². The zero-order chi connectivity index (χ0) is 23.5. The van der Waals surface area contributed by atoms with Crippen LogP contribution in [0.3, 0.4) is 0 Å². The van der Waals surface area contributed by atoms with Gasteiger partial charge in [-0.05, 0) is 103 Å². The molecule has 0 aromatic heterocycles. The van der Waals surface area contributed by atoms with Crippen molar-refractivity contribution < 1.29 is 9.32 Å². The van der Waals surface area contributed by atoms with Crippen LogP contribution in [0, 0.1) is 52.3 Å². The minimum absolute atomic E-state index is 0.0739. The molecule has 0 saturated heterocycles. The van der Waals surface area contributed by atoms with Crippen molar-refractivity contribution in [2.24, 2.45) is 57.4 Å². The van der Waals surface area contributed by atoms with Crippen LogP contribution in [0.4, 0.5) is 0 Å². The van der Waals surface area contributed by atoms with Crippen LogP contribution in [0.2, 0.25) is 0 Å². The molecule has 0 bridgehead atoms. The van der Waals surface area contributed by atoms with Gasteiger partial charge in [-0.25, -0.2) is 0 Å². The number of nitrogens with zero attached hydrogens (tertiary/aromatic N) is 1. The maximum Gasteiger partial charge on any atom is 0.0795 e. The first-order valence-corrected chi connectivity index (χ1v) is 12.4. The van der Waals surface area contributed by atoms with Crippen molar-refractivity contribution in [3.05, 3.63) is 12.1 Å². The minimum atomic E-state index is -1.73. The number of hydrogen-bond donors (Lipinski definition) is 1. The zero-order valence-electron chi connectivity index (χ0n) is 22.4. The first-order chi connectivity index (χ1) is 15.0. The molecule has 0 amide bonds. The highest BCUT2D eigenvalue weighted by Crippen LogP contribution is 2.67. The monoisotopic (exact) mass is 402 g/mol. The molecule has 3 saturated carbocycles. The Labute approximate surface area is 183 Å². The second-order valence-corrected chi connectivity index (χ2v) is 11.8. The fraction of sp³-hybridized carbons (Fsp3) is 0.889. The van der Waals surface area contributed by atoms with E-state index in [0.29, 0.717) is 17.3 Å². The molecule has 4 rings (SSSR count). The molecule has 0 radical (unpaired) electrons. The van der Waals surface area contributed by atoms with Gasteiger partial charge < -0.3 is 5.21 Å². The highest BCUT2D eigenvalue weighted by atomic mass is 16.4. The zero-order valence-corrected chi connectivity index (χ0v) is 19.4. The Hall–Kier alpha value is -0.790. The lowest BCUT2D eigenvalue weighted by molar-refractivity contribution is -0.0809. The first-order valence-electron chi connectivity index (χ1n) is 13.9. The van der Waals surface area contributed by atoms with E-state index in [1.54, 1.807) is 0 Å². The maximum atomic E-state index is 9.42. The molecule has 29 heavy (non-hydrogen) atoms. The van der Waals surface area contributed by atoms with Crippen molar-refractivity contribution in [1.82, 2.24) is 0 Å². The summed E-state index contributed by atoms with van der Waals surface area (Å²) in [5.74, 6) is 4.01. The average molecular weight is 403 g/mol. The topological polar surface area (TPSA) is 32.6 Å². The summed E-state index contributed by atoms with van der Waals surface area (Å²) in [5, 5.41) is 12.6. The van der Waals surface area contributed by atoms with Gasteiger partial charge in [-0.15, -0.1) is 0 Å². The van der Waals surface area contributed by atoms with Crippen LogP contribution in [0.1, 0.15) is 103 Å². The van der Waals surface area contributed by atoms with E-state index in [2.05, 4.69) is 39.8 Å². The fourth-order valence-corrected chi connectivity index (χ4v) is 8.34. The molecule has 3 fully saturated rings. The number of rotatable bonds is 5. The molecule has 4 aliphatic rings. The van der Waals surface area contributed by atoms with Crippen molar-refractivity contribution in [2.75, 3.05) is 0 Å². The quantitative estimate of drug-likeness (QED) is 0.370. The second kappa shape index (κ2) is 8.04.